The van der Waals surface area contributed by atoms with E-state index in [1.54, 1.807) is 18.2 Å². The van der Waals surface area contributed by atoms with E-state index in [4.69, 9.17) is 10.4 Å². The molecule has 2 N–H and O–H groups in total. The number of pyridine rings is 1. The minimum Gasteiger partial charge on any atom is -0.478 e. The number of rotatable bonds is 4. The molecule has 21 heavy (non-hydrogen) atoms. The molecule has 2 rings (SSSR count). The molecule has 104 valence electrons. The summed E-state index contributed by atoms with van der Waals surface area (Å²) in [5, 5.41) is 20.3. The second-order valence-corrected chi connectivity index (χ2v) is 4.22. The van der Waals surface area contributed by atoms with Crippen LogP contribution in [-0.4, -0.2) is 22.0 Å². The molecule has 0 unspecified atom stereocenters. The van der Waals surface area contributed by atoms with Crippen molar-refractivity contribution in [2.75, 3.05) is 0 Å². The highest BCUT2D eigenvalue weighted by Gasteiger charge is 2.08. The van der Waals surface area contributed by atoms with Crippen LogP contribution in [0.4, 0.5) is 0 Å². The molecule has 0 bridgehead atoms. The molecule has 0 atom stereocenters. The van der Waals surface area contributed by atoms with Gasteiger partial charge in [0.25, 0.3) is 5.91 Å². The number of nitriles is 1. The monoisotopic (exact) mass is 281 g/mol. The van der Waals surface area contributed by atoms with Gasteiger partial charge in [0.1, 0.15) is 0 Å². The molecule has 0 aliphatic rings. The number of aromatic nitrogens is 1. The summed E-state index contributed by atoms with van der Waals surface area (Å²) in [5.41, 5.74) is 1.32. The van der Waals surface area contributed by atoms with Crippen LogP contribution in [0.2, 0.25) is 0 Å². The number of benzene rings is 1. The van der Waals surface area contributed by atoms with Crippen LogP contribution in [0, 0.1) is 11.3 Å². The second kappa shape index (κ2) is 6.30. The van der Waals surface area contributed by atoms with E-state index in [9.17, 15) is 9.59 Å². The number of aromatic carboxylic acids is 1. The first-order valence-corrected chi connectivity index (χ1v) is 6.07. The Kier molecular flexibility index (Phi) is 4.26. The van der Waals surface area contributed by atoms with E-state index < -0.39 is 5.97 Å². The van der Waals surface area contributed by atoms with Gasteiger partial charge in [0.2, 0.25) is 0 Å². The van der Waals surface area contributed by atoms with Crippen molar-refractivity contribution in [3.8, 4) is 6.07 Å². The maximum atomic E-state index is 11.9. The Hall–Kier alpha value is -3.20. The molecule has 0 aliphatic carbocycles. The van der Waals surface area contributed by atoms with E-state index >= 15 is 0 Å². The lowest BCUT2D eigenvalue weighted by Crippen LogP contribution is -2.23. The van der Waals surface area contributed by atoms with Gasteiger partial charge in [-0.05, 0) is 30.3 Å². The van der Waals surface area contributed by atoms with E-state index in [1.165, 1.54) is 24.4 Å². The summed E-state index contributed by atoms with van der Waals surface area (Å²) in [4.78, 5) is 26.8. The van der Waals surface area contributed by atoms with Gasteiger partial charge in [-0.3, -0.25) is 9.78 Å². The Morgan fingerprint density at radius 2 is 2.05 bits per heavy atom. The highest BCUT2D eigenvalue weighted by Crippen LogP contribution is 2.05. The van der Waals surface area contributed by atoms with E-state index in [1.807, 2.05) is 6.07 Å². The molecule has 6 nitrogen and oxygen atoms in total. The number of hydrogen-bond acceptors (Lipinski definition) is 4. The third kappa shape index (κ3) is 3.64. The number of carboxylic acids is 1. The van der Waals surface area contributed by atoms with Gasteiger partial charge >= 0.3 is 5.97 Å². The van der Waals surface area contributed by atoms with Crippen LogP contribution in [-0.2, 0) is 6.54 Å². The summed E-state index contributed by atoms with van der Waals surface area (Å²) in [6.45, 7) is 0.108. The topological polar surface area (TPSA) is 103 Å². The van der Waals surface area contributed by atoms with Crippen molar-refractivity contribution in [3.05, 3.63) is 65.0 Å². The van der Waals surface area contributed by atoms with Crippen LogP contribution in [0.15, 0.2) is 42.6 Å². The number of hydrogen-bond donors (Lipinski definition) is 2. The fourth-order valence-electron chi connectivity index (χ4n) is 1.71. The molecule has 0 spiro atoms. The van der Waals surface area contributed by atoms with Crippen molar-refractivity contribution in [1.29, 1.82) is 5.26 Å². The molecular weight excluding hydrogens is 270 g/mol. The molecule has 1 aromatic carbocycles. The van der Waals surface area contributed by atoms with Gasteiger partial charge in [0, 0.05) is 11.8 Å². The predicted molar refractivity (Wildman–Crippen MR) is 73.5 cm³/mol. The summed E-state index contributed by atoms with van der Waals surface area (Å²) in [6, 6.07) is 11.0. The summed E-state index contributed by atoms with van der Waals surface area (Å²) < 4.78 is 0. The van der Waals surface area contributed by atoms with Crippen LogP contribution < -0.4 is 5.32 Å². The Morgan fingerprint density at radius 3 is 2.76 bits per heavy atom. The predicted octanol–water partition coefficient (Wildman–Crippen LogP) is 1.58. The SMILES string of the molecule is N#Cc1cccc(C(=O)NCc2cc(C(=O)O)ccn2)c1. The molecule has 0 aliphatic heterocycles. The quantitative estimate of drug-likeness (QED) is 0.885. The lowest BCUT2D eigenvalue weighted by molar-refractivity contribution is 0.0696. The maximum absolute atomic E-state index is 11.9. The number of nitrogens with zero attached hydrogens (tertiary/aromatic N) is 2. The van der Waals surface area contributed by atoms with Crippen molar-refractivity contribution in [3.63, 3.8) is 0 Å². The summed E-state index contributed by atoms with van der Waals surface area (Å²) in [6.07, 6.45) is 1.38. The minimum atomic E-state index is -1.05. The molecule has 2 aromatic rings. The van der Waals surface area contributed by atoms with Gasteiger partial charge in [-0.25, -0.2) is 4.79 Å². The maximum Gasteiger partial charge on any atom is 0.335 e. The Morgan fingerprint density at radius 1 is 1.24 bits per heavy atom. The first-order chi connectivity index (χ1) is 10.1. The second-order valence-electron chi connectivity index (χ2n) is 4.22. The molecule has 0 saturated heterocycles. The summed E-state index contributed by atoms with van der Waals surface area (Å²) in [7, 11) is 0. The minimum absolute atomic E-state index is 0.108. The molecule has 1 aromatic heterocycles. The smallest absolute Gasteiger partial charge is 0.335 e. The zero-order chi connectivity index (χ0) is 15.2. The average Bonchev–Trinajstić information content (AvgIpc) is 2.53. The van der Waals surface area contributed by atoms with Crippen molar-refractivity contribution in [2.45, 2.75) is 6.54 Å². The molecule has 1 heterocycles. The first-order valence-electron chi connectivity index (χ1n) is 6.07. The molecule has 0 radical (unpaired) electrons. The van der Waals surface area contributed by atoms with Crippen LogP contribution in [0.5, 0.6) is 0 Å². The third-order valence-electron chi connectivity index (χ3n) is 2.75. The van der Waals surface area contributed by atoms with Crippen molar-refractivity contribution in [2.24, 2.45) is 0 Å². The van der Waals surface area contributed by atoms with Crippen LogP contribution in [0.25, 0.3) is 0 Å². The largest absolute Gasteiger partial charge is 0.478 e. The van der Waals surface area contributed by atoms with Crippen LogP contribution >= 0.6 is 0 Å². The Bertz CT molecular complexity index is 735. The summed E-state index contributed by atoms with van der Waals surface area (Å²) >= 11 is 0. The Balaban J connectivity index is 2.05. The number of amides is 1. The van der Waals surface area contributed by atoms with Gasteiger partial charge < -0.3 is 10.4 Å². The van der Waals surface area contributed by atoms with Crippen LogP contribution in [0.1, 0.15) is 32.0 Å². The lowest BCUT2D eigenvalue weighted by atomic mass is 10.1. The van der Waals surface area contributed by atoms with Crippen molar-refractivity contribution in [1.82, 2.24) is 10.3 Å². The zero-order valence-corrected chi connectivity index (χ0v) is 10.9. The standard InChI is InChI=1S/C15H11N3O3/c16-8-10-2-1-3-11(6-10)14(19)18-9-13-7-12(15(20)21)4-5-17-13/h1-7H,9H2,(H,18,19)(H,20,21). The van der Waals surface area contributed by atoms with Gasteiger partial charge in [-0.2, -0.15) is 5.26 Å². The average molecular weight is 281 g/mol. The highest BCUT2D eigenvalue weighted by atomic mass is 16.4. The zero-order valence-electron chi connectivity index (χ0n) is 10.9. The van der Waals surface area contributed by atoms with E-state index in [0.717, 1.165) is 0 Å². The van der Waals surface area contributed by atoms with E-state index in [2.05, 4.69) is 10.3 Å². The van der Waals surface area contributed by atoms with Gasteiger partial charge in [0.15, 0.2) is 0 Å². The van der Waals surface area contributed by atoms with E-state index in [0.29, 0.717) is 16.8 Å². The number of carbonyl (C=O) groups excluding carboxylic acids is 1. The van der Waals surface area contributed by atoms with Crippen molar-refractivity contribution >= 4 is 11.9 Å². The van der Waals surface area contributed by atoms with Crippen LogP contribution in [0.3, 0.4) is 0 Å². The number of carboxylic acid groups (broad SMARTS) is 1. The molecular formula is C15H11N3O3. The van der Waals surface area contributed by atoms with Gasteiger partial charge in [0.05, 0.1) is 29.4 Å². The lowest BCUT2D eigenvalue weighted by Gasteiger charge is -2.05. The number of carbonyl (C=O) groups is 2. The Labute approximate surface area is 120 Å². The summed E-state index contributed by atoms with van der Waals surface area (Å²) in [5.74, 6) is -1.40. The number of nitrogens with one attached hydrogen (secondary N) is 1. The van der Waals surface area contributed by atoms with Gasteiger partial charge in [-0.15, -0.1) is 0 Å². The van der Waals surface area contributed by atoms with Gasteiger partial charge in [-0.1, -0.05) is 6.07 Å². The third-order valence-corrected chi connectivity index (χ3v) is 2.75. The molecule has 1 amide bonds. The van der Waals surface area contributed by atoms with E-state index in [-0.39, 0.29) is 18.0 Å². The first kappa shape index (κ1) is 14.2. The van der Waals surface area contributed by atoms with Crippen molar-refractivity contribution < 1.29 is 14.7 Å². The normalized spacial score (nSPS) is 9.67. The molecule has 0 saturated carbocycles. The fraction of sp³-hybridized carbons (Fsp3) is 0.0667. The highest BCUT2D eigenvalue weighted by molar-refractivity contribution is 5.94. The molecule has 6 heteroatoms. The fourth-order valence-corrected chi connectivity index (χ4v) is 1.71. The molecule has 0 fully saturated rings.